The molecule has 0 aliphatic rings. The molecular formula is C15H8Cl2F4N2O6. The smallest absolute Gasteiger partial charge is 0.419 e. The number of carbonyl (C=O) groups is 1. The normalized spacial score (nSPS) is 12.4. The van der Waals surface area contributed by atoms with E-state index in [1.807, 2.05) is 0 Å². The summed E-state index contributed by atoms with van der Waals surface area (Å²) in [5, 5.41) is 18.1. The van der Waals surface area contributed by atoms with E-state index in [4.69, 9.17) is 37.8 Å². The van der Waals surface area contributed by atoms with E-state index >= 15 is 0 Å². The molecule has 0 bridgehead atoms. The second-order valence-corrected chi connectivity index (χ2v) is 6.08. The van der Waals surface area contributed by atoms with Crippen molar-refractivity contribution in [1.29, 1.82) is 0 Å². The van der Waals surface area contributed by atoms with Gasteiger partial charge in [0.05, 0.1) is 15.5 Å². The van der Waals surface area contributed by atoms with E-state index in [2.05, 4.69) is 4.98 Å². The van der Waals surface area contributed by atoms with Crippen LogP contribution < -0.4 is 9.47 Å². The van der Waals surface area contributed by atoms with E-state index in [0.717, 1.165) is 19.1 Å². The van der Waals surface area contributed by atoms with Crippen LogP contribution in [0.1, 0.15) is 12.5 Å². The van der Waals surface area contributed by atoms with Crippen molar-refractivity contribution in [3.05, 3.63) is 49.7 Å². The maximum Gasteiger partial charge on any atom is 0.419 e. The fourth-order valence-corrected chi connectivity index (χ4v) is 2.43. The highest BCUT2D eigenvalue weighted by Gasteiger charge is 2.37. The molecule has 2 rings (SSSR count). The summed E-state index contributed by atoms with van der Waals surface area (Å²) in [4.78, 5) is 24.6. The topological polar surface area (TPSA) is 112 Å². The van der Waals surface area contributed by atoms with Gasteiger partial charge in [-0.1, -0.05) is 23.2 Å². The molecule has 0 saturated heterocycles. The Balaban J connectivity index is 2.48. The molecule has 0 spiro atoms. The summed E-state index contributed by atoms with van der Waals surface area (Å²) < 4.78 is 62.3. The number of pyridine rings is 1. The molecule has 1 aromatic carbocycles. The predicted molar refractivity (Wildman–Crippen MR) is 90.1 cm³/mol. The van der Waals surface area contributed by atoms with Gasteiger partial charge in [-0.2, -0.15) is 18.2 Å². The summed E-state index contributed by atoms with van der Waals surface area (Å²) in [5.74, 6) is -5.34. The van der Waals surface area contributed by atoms with Crippen molar-refractivity contribution < 1.29 is 41.9 Å². The van der Waals surface area contributed by atoms with E-state index in [1.165, 1.54) is 0 Å². The zero-order chi connectivity index (χ0) is 22.1. The molecule has 0 saturated carbocycles. The maximum absolute atomic E-state index is 14.0. The van der Waals surface area contributed by atoms with E-state index in [9.17, 15) is 32.5 Å². The molecule has 0 radical (unpaired) electrons. The Morgan fingerprint density at radius 3 is 2.48 bits per heavy atom. The molecule has 1 aromatic heterocycles. The minimum absolute atomic E-state index is 0.243. The van der Waals surface area contributed by atoms with Gasteiger partial charge in [0.2, 0.25) is 5.88 Å². The lowest BCUT2D eigenvalue weighted by atomic mass is 10.2. The lowest BCUT2D eigenvalue weighted by molar-refractivity contribution is -0.386. The van der Waals surface area contributed by atoms with Gasteiger partial charge in [-0.3, -0.25) is 10.1 Å². The Kier molecular flexibility index (Phi) is 6.38. The Labute approximate surface area is 168 Å². The lowest BCUT2D eigenvalue weighted by Crippen LogP contribution is -2.23. The van der Waals surface area contributed by atoms with Gasteiger partial charge >= 0.3 is 17.8 Å². The van der Waals surface area contributed by atoms with Gasteiger partial charge in [-0.05, 0) is 13.0 Å². The number of ether oxygens (including phenoxy) is 2. The predicted octanol–water partition coefficient (Wildman–Crippen LogP) is 5.10. The average Bonchev–Trinajstić information content (AvgIpc) is 2.60. The van der Waals surface area contributed by atoms with Gasteiger partial charge in [0.25, 0.3) is 5.88 Å². The third-order valence-electron chi connectivity index (χ3n) is 3.28. The number of aromatic nitrogens is 1. The Hall–Kier alpha value is -2.86. The minimum Gasteiger partial charge on any atom is -0.479 e. The number of benzene rings is 1. The zero-order valence-corrected chi connectivity index (χ0v) is 15.5. The summed E-state index contributed by atoms with van der Waals surface area (Å²) in [5.41, 5.74) is -2.45. The zero-order valence-electron chi connectivity index (χ0n) is 14.0. The molecule has 156 valence electrons. The Morgan fingerprint density at radius 1 is 1.34 bits per heavy atom. The summed E-state index contributed by atoms with van der Waals surface area (Å²) in [7, 11) is 0. The van der Waals surface area contributed by atoms with E-state index < -0.39 is 67.8 Å². The molecule has 14 heteroatoms. The van der Waals surface area contributed by atoms with Gasteiger partial charge < -0.3 is 14.6 Å². The highest BCUT2D eigenvalue weighted by molar-refractivity contribution is 6.37. The molecule has 2 aromatic rings. The van der Waals surface area contributed by atoms with Crippen molar-refractivity contribution in [2.45, 2.75) is 19.2 Å². The fourth-order valence-electron chi connectivity index (χ4n) is 1.90. The molecule has 0 fully saturated rings. The molecule has 1 heterocycles. The number of hydrogen-bond donors (Lipinski definition) is 1. The Bertz CT molecular complexity index is 986. The fraction of sp³-hybridized carbons (Fsp3) is 0.200. The first-order chi connectivity index (χ1) is 13.3. The molecule has 8 nitrogen and oxygen atoms in total. The maximum atomic E-state index is 14.0. The quantitative estimate of drug-likeness (QED) is 0.277. The van der Waals surface area contributed by atoms with Gasteiger partial charge in [-0.15, -0.1) is 0 Å². The lowest BCUT2D eigenvalue weighted by Gasteiger charge is -2.15. The van der Waals surface area contributed by atoms with Crippen molar-refractivity contribution >= 4 is 34.9 Å². The number of carboxylic acid groups (broad SMARTS) is 1. The summed E-state index contributed by atoms with van der Waals surface area (Å²) in [6.07, 6.45) is -6.61. The van der Waals surface area contributed by atoms with Crippen LogP contribution in [0, 0.1) is 15.9 Å². The number of nitrogens with zero attached hydrogens (tertiary/aromatic N) is 2. The van der Waals surface area contributed by atoms with E-state index in [0.29, 0.717) is 0 Å². The average molecular weight is 459 g/mol. The molecule has 29 heavy (non-hydrogen) atoms. The summed E-state index contributed by atoms with van der Waals surface area (Å²) >= 11 is 11.3. The summed E-state index contributed by atoms with van der Waals surface area (Å²) in [6.45, 7) is 1.07. The van der Waals surface area contributed by atoms with Crippen LogP contribution in [0.2, 0.25) is 10.0 Å². The number of carboxylic acids is 1. The van der Waals surface area contributed by atoms with Crippen LogP contribution in [0.15, 0.2) is 18.2 Å². The highest BCUT2D eigenvalue weighted by atomic mass is 35.5. The van der Waals surface area contributed by atoms with E-state index in [1.54, 1.807) is 0 Å². The number of halogens is 6. The molecule has 0 aliphatic carbocycles. The number of alkyl halides is 3. The molecule has 1 N–H and O–H groups in total. The third-order valence-corrected chi connectivity index (χ3v) is 3.89. The van der Waals surface area contributed by atoms with E-state index in [-0.39, 0.29) is 6.07 Å². The number of aliphatic carboxylic acids is 1. The van der Waals surface area contributed by atoms with Crippen LogP contribution in [-0.4, -0.2) is 27.1 Å². The molecular weight excluding hydrogens is 451 g/mol. The van der Waals surface area contributed by atoms with Crippen LogP contribution in [0.5, 0.6) is 17.5 Å². The molecule has 1 unspecified atom stereocenters. The van der Waals surface area contributed by atoms with Gasteiger partial charge in [0.15, 0.2) is 17.7 Å². The van der Waals surface area contributed by atoms with Crippen molar-refractivity contribution in [2.24, 2.45) is 0 Å². The second kappa shape index (κ2) is 8.25. The highest BCUT2D eigenvalue weighted by Crippen LogP contribution is 2.44. The van der Waals surface area contributed by atoms with Crippen LogP contribution in [0.3, 0.4) is 0 Å². The summed E-state index contributed by atoms with van der Waals surface area (Å²) in [6, 6.07) is 1.97. The molecule has 1 atom stereocenters. The van der Waals surface area contributed by atoms with Crippen molar-refractivity contribution in [3.8, 4) is 17.5 Å². The number of rotatable bonds is 6. The standard InChI is InChI=1S/C15H8Cl2F4N2O6/c1-5(14(24)25)28-13-8(23(26)27)2-3-9(22-13)29-12-7(16)4-6(15(19,20)21)11(18)10(12)17/h2-5H,1H3,(H,24,25). The van der Waals surface area contributed by atoms with Gasteiger partial charge in [0, 0.05) is 12.1 Å². The first-order valence-electron chi connectivity index (χ1n) is 7.30. The van der Waals surface area contributed by atoms with Crippen LogP contribution in [-0.2, 0) is 11.0 Å². The van der Waals surface area contributed by atoms with Gasteiger partial charge in [0.1, 0.15) is 5.02 Å². The SMILES string of the molecule is CC(Oc1nc(Oc2c(Cl)cc(C(F)(F)F)c(F)c2Cl)ccc1[N+](=O)[O-])C(=O)O. The number of hydrogen-bond acceptors (Lipinski definition) is 6. The molecule has 0 aliphatic heterocycles. The van der Waals surface area contributed by atoms with Crippen LogP contribution in [0.4, 0.5) is 23.2 Å². The number of nitro groups is 1. The first-order valence-corrected chi connectivity index (χ1v) is 8.06. The largest absolute Gasteiger partial charge is 0.479 e. The Morgan fingerprint density at radius 2 is 1.97 bits per heavy atom. The first kappa shape index (κ1) is 22.4. The second-order valence-electron chi connectivity index (χ2n) is 5.29. The van der Waals surface area contributed by atoms with Crippen molar-refractivity contribution in [1.82, 2.24) is 4.98 Å². The third kappa shape index (κ3) is 4.95. The molecule has 0 amide bonds. The minimum atomic E-state index is -5.07. The van der Waals surface area contributed by atoms with Crippen LogP contribution in [0.25, 0.3) is 0 Å². The van der Waals surface area contributed by atoms with Crippen molar-refractivity contribution in [2.75, 3.05) is 0 Å². The van der Waals surface area contributed by atoms with Gasteiger partial charge in [-0.25, -0.2) is 9.18 Å². The monoisotopic (exact) mass is 458 g/mol. The van der Waals surface area contributed by atoms with Crippen LogP contribution >= 0.6 is 23.2 Å². The van der Waals surface area contributed by atoms with Crippen molar-refractivity contribution in [3.63, 3.8) is 0 Å².